The molecule has 0 saturated carbocycles. The van der Waals surface area contributed by atoms with Gasteiger partial charge in [0.1, 0.15) is 4.90 Å². The summed E-state index contributed by atoms with van der Waals surface area (Å²) < 4.78 is 34.0. The van der Waals surface area contributed by atoms with Crippen LogP contribution in [0.25, 0.3) is 0 Å². The van der Waals surface area contributed by atoms with Crippen LogP contribution in [0.2, 0.25) is 0 Å². The van der Waals surface area contributed by atoms with E-state index in [-0.39, 0.29) is 22.2 Å². The van der Waals surface area contributed by atoms with E-state index in [1.807, 2.05) is 0 Å². The molecule has 2 aromatic rings. The Morgan fingerprint density at radius 1 is 1.14 bits per heavy atom. The molecule has 0 amide bonds. The molecule has 0 unspecified atom stereocenters. The molecule has 11 heteroatoms. The number of oxime groups is 1. The number of thioether (sulfide) groups is 1. The Labute approximate surface area is 165 Å². The van der Waals surface area contributed by atoms with E-state index in [4.69, 9.17) is 4.74 Å². The van der Waals surface area contributed by atoms with Crippen LogP contribution in [0.1, 0.15) is 12.5 Å². The molecule has 0 bridgehead atoms. The Kier molecular flexibility index (Phi) is 7.12. The van der Waals surface area contributed by atoms with Gasteiger partial charge in [0.15, 0.2) is 0 Å². The van der Waals surface area contributed by atoms with Gasteiger partial charge in [-0.15, -0.1) is 0 Å². The van der Waals surface area contributed by atoms with E-state index in [9.17, 15) is 23.3 Å². The van der Waals surface area contributed by atoms with Crippen molar-refractivity contribution in [2.75, 3.05) is 6.61 Å². The van der Waals surface area contributed by atoms with Crippen molar-refractivity contribution in [3.8, 4) is 0 Å². The van der Waals surface area contributed by atoms with Crippen LogP contribution < -0.4 is 0 Å². The smallest absolute Gasteiger partial charge is 0.367 e. The molecule has 0 spiro atoms. The first-order valence-corrected chi connectivity index (χ1v) is 10.1. The molecule has 28 heavy (non-hydrogen) atoms. The lowest BCUT2D eigenvalue weighted by Crippen LogP contribution is -2.16. The highest BCUT2D eigenvalue weighted by Crippen LogP contribution is 2.24. The Morgan fingerprint density at radius 2 is 1.75 bits per heavy atom. The maximum Gasteiger partial charge on any atom is 0.367 e. The normalized spacial score (nSPS) is 11.7. The summed E-state index contributed by atoms with van der Waals surface area (Å²) in [6, 6.07) is 11.2. The molecule has 148 valence electrons. The molecule has 2 aromatic carbocycles. The summed E-state index contributed by atoms with van der Waals surface area (Å²) >= 11 is 0.759. The van der Waals surface area contributed by atoms with E-state index in [0.717, 1.165) is 17.3 Å². The predicted octanol–water partition coefficient (Wildman–Crippen LogP) is 3.28. The number of hydrogen-bond donors (Lipinski definition) is 0. The minimum Gasteiger partial charge on any atom is -0.461 e. The van der Waals surface area contributed by atoms with Crippen LogP contribution in [-0.4, -0.2) is 31.0 Å². The van der Waals surface area contributed by atoms with Crippen molar-refractivity contribution < 1.29 is 27.2 Å². The van der Waals surface area contributed by atoms with Crippen LogP contribution in [0, 0.1) is 17.0 Å². The topological polar surface area (TPSA) is 125 Å². The SMILES string of the molecule is CCOC(=O)C(=NOS(=O)(=O)c1ccc(C)cc1)Sc1ccc([N+](=O)[O-])cc1. The zero-order chi connectivity index (χ0) is 20.7. The molecule has 2 rings (SSSR count). The number of non-ortho nitro benzene ring substituents is 1. The number of benzene rings is 2. The standard InChI is InChI=1S/C17H16N2O7S2/c1-3-25-17(20)16(27-14-8-6-13(7-9-14)19(21)22)18-26-28(23,24)15-10-4-12(2)5-11-15/h4-11H,3H2,1-2H3. The zero-order valence-corrected chi connectivity index (χ0v) is 16.5. The molecule has 0 heterocycles. The van der Waals surface area contributed by atoms with Gasteiger partial charge in [-0.25, -0.2) is 4.79 Å². The van der Waals surface area contributed by atoms with Crippen molar-refractivity contribution in [3.63, 3.8) is 0 Å². The van der Waals surface area contributed by atoms with Crippen LogP contribution in [-0.2, 0) is 23.9 Å². The lowest BCUT2D eigenvalue weighted by atomic mass is 10.2. The molecule has 0 N–H and O–H groups in total. The Bertz CT molecular complexity index is 985. The van der Waals surface area contributed by atoms with E-state index in [0.29, 0.717) is 4.90 Å². The molecule has 0 atom stereocenters. The molecule has 0 aliphatic rings. The van der Waals surface area contributed by atoms with E-state index in [1.54, 1.807) is 26.0 Å². The molecule has 0 aliphatic heterocycles. The summed E-state index contributed by atoms with van der Waals surface area (Å²) in [4.78, 5) is 22.5. The molecule has 0 saturated heterocycles. The number of esters is 1. The highest BCUT2D eigenvalue weighted by Gasteiger charge is 2.21. The number of nitrogens with zero attached hydrogens (tertiary/aromatic N) is 2. The van der Waals surface area contributed by atoms with Crippen LogP contribution >= 0.6 is 11.8 Å². The van der Waals surface area contributed by atoms with Crippen molar-refractivity contribution in [1.82, 2.24) is 0 Å². The highest BCUT2D eigenvalue weighted by atomic mass is 32.2. The summed E-state index contributed by atoms with van der Waals surface area (Å²) in [5.74, 6) is -0.884. The van der Waals surface area contributed by atoms with E-state index in [2.05, 4.69) is 9.44 Å². The van der Waals surface area contributed by atoms with Crippen molar-refractivity contribution in [3.05, 3.63) is 64.2 Å². The maximum atomic E-state index is 12.2. The van der Waals surface area contributed by atoms with Crippen LogP contribution in [0.4, 0.5) is 5.69 Å². The van der Waals surface area contributed by atoms with Gasteiger partial charge in [0, 0.05) is 17.0 Å². The summed E-state index contributed by atoms with van der Waals surface area (Å²) in [6.45, 7) is 3.43. The second-order valence-corrected chi connectivity index (χ2v) is 7.90. The largest absolute Gasteiger partial charge is 0.461 e. The van der Waals surface area contributed by atoms with Crippen molar-refractivity contribution >= 4 is 38.6 Å². The number of ether oxygens (including phenoxy) is 1. The first-order chi connectivity index (χ1) is 13.2. The third kappa shape index (κ3) is 5.79. The van der Waals surface area contributed by atoms with Gasteiger partial charge in [-0.05, 0) is 38.1 Å². The zero-order valence-electron chi connectivity index (χ0n) is 14.9. The molecule has 0 fully saturated rings. The van der Waals surface area contributed by atoms with Crippen molar-refractivity contribution in [2.45, 2.75) is 23.6 Å². The second kappa shape index (κ2) is 9.33. The number of rotatable bonds is 6. The molecule has 0 aromatic heterocycles. The van der Waals surface area contributed by atoms with Crippen molar-refractivity contribution in [2.24, 2.45) is 5.16 Å². The first kappa shape index (κ1) is 21.4. The number of nitro groups is 1. The van der Waals surface area contributed by atoms with Gasteiger partial charge < -0.3 is 4.74 Å². The third-order valence-corrected chi connectivity index (χ3v) is 5.30. The Hall–Kier alpha value is -2.92. The quantitative estimate of drug-likeness (QED) is 0.173. The number of carbonyl (C=O) groups excluding carboxylic acids is 1. The van der Waals surface area contributed by atoms with Gasteiger partial charge in [-0.2, -0.15) is 8.42 Å². The monoisotopic (exact) mass is 424 g/mol. The summed E-state index contributed by atoms with van der Waals surface area (Å²) in [5, 5.41) is 13.8. The van der Waals surface area contributed by atoms with Gasteiger partial charge in [0.2, 0.25) is 5.04 Å². The molecular weight excluding hydrogens is 408 g/mol. The average Bonchev–Trinajstić information content (AvgIpc) is 2.66. The van der Waals surface area contributed by atoms with E-state index in [1.165, 1.54) is 36.4 Å². The van der Waals surface area contributed by atoms with Crippen LogP contribution in [0.15, 0.2) is 63.5 Å². The number of aryl methyl sites for hydroxylation is 1. The van der Waals surface area contributed by atoms with E-state index >= 15 is 0 Å². The average molecular weight is 424 g/mol. The molecular formula is C17H16N2O7S2. The number of carbonyl (C=O) groups is 1. The lowest BCUT2D eigenvalue weighted by molar-refractivity contribution is -0.384. The fourth-order valence-corrected chi connectivity index (χ4v) is 3.36. The van der Waals surface area contributed by atoms with Gasteiger partial charge in [-0.3, -0.25) is 14.4 Å². The van der Waals surface area contributed by atoms with Crippen LogP contribution in [0.3, 0.4) is 0 Å². The predicted molar refractivity (Wildman–Crippen MR) is 102 cm³/mol. The molecule has 0 radical (unpaired) electrons. The highest BCUT2D eigenvalue weighted by molar-refractivity contribution is 8.15. The van der Waals surface area contributed by atoms with Gasteiger partial charge in [-0.1, -0.05) is 34.6 Å². The van der Waals surface area contributed by atoms with Gasteiger partial charge in [0.05, 0.1) is 11.5 Å². The number of nitro benzene ring substituents is 1. The summed E-state index contributed by atoms with van der Waals surface area (Å²) in [7, 11) is -4.23. The van der Waals surface area contributed by atoms with Gasteiger partial charge >= 0.3 is 16.1 Å². The summed E-state index contributed by atoms with van der Waals surface area (Å²) in [6.07, 6.45) is 0. The number of hydrogen-bond acceptors (Lipinski definition) is 9. The molecule has 0 aliphatic carbocycles. The fourth-order valence-electron chi connectivity index (χ4n) is 1.87. The summed E-state index contributed by atoms with van der Waals surface area (Å²) in [5.41, 5.74) is 0.737. The van der Waals surface area contributed by atoms with Gasteiger partial charge in [0.25, 0.3) is 5.69 Å². The molecule has 9 nitrogen and oxygen atoms in total. The third-order valence-electron chi connectivity index (χ3n) is 3.24. The maximum absolute atomic E-state index is 12.2. The van der Waals surface area contributed by atoms with Crippen LogP contribution in [0.5, 0.6) is 0 Å². The Morgan fingerprint density at radius 3 is 2.29 bits per heavy atom. The minimum absolute atomic E-state index is 0.0450. The first-order valence-electron chi connectivity index (χ1n) is 7.90. The fraction of sp³-hybridized carbons (Fsp3) is 0.176. The van der Waals surface area contributed by atoms with E-state index < -0.39 is 21.0 Å². The Balaban J connectivity index is 2.25. The van der Waals surface area contributed by atoms with Crippen molar-refractivity contribution in [1.29, 1.82) is 0 Å². The lowest BCUT2D eigenvalue weighted by Gasteiger charge is -2.06. The second-order valence-electron chi connectivity index (χ2n) is 5.31. The minimum atomic E-state index is -4.23.